The predicted octanol–water partition coefficient (Wildman–Crippen LogP) is 4.91. The molecule has 0 atom stereocenters. The minimum atomic E-state index is -0.369. The Morgan fingerprint density at radius 3 is 2.52 bits per heavy atom. The van der Waals surface area contributed by atoms with E-state index in [4.69, 9.17) is 16.3 Å². The number of rotatable bonds is 8. The molecule has 5 nitrogen and oxygen atoms in total. The van der Waals surface area contributed by atoms with Crippen LogP contribution in [-0.2, 0) is 6.54 Å². The lowest BCUT2D eigenvalue weighted by Gasteiger charge is -2.03. The van der Waals surface area contributed by atoms with Gasteiger partial charge in [-0.05, 0) is 41.5 Å². The third-order valence-corrected chi connectivity index (χ3v) is 5.09. The average molecular weight is 430 g/mol. The molecule has 2 aromatic carbocycles. The van der Waals surface area contributed by atoms with Crippen LogP contribution in [0.25, 0.3) is 11.1 Å². The number of nitrogens with one attached hydrogen (secondary N) is 1. The Hall–Kier alpha value is -3.03. The number of amides is 1. The zero-order valence-electron chi connectivity index (χ0n) is 15.3. The molecule has 0 bridgehead atoms. The molecule has 1 N–H and O–H groups in total. The molecule has 0 aliphatic heterocycles. The first-order valence-corrected chi connectivity index (χ1v) is 9.82. The van der Waals surface area contributed by atoms with Crippen LogP contribution in [0.4, 0.5) is 4.39 Å². The van der Waals surface area contributed by atoms with E-state index >= 15 is 0 Å². The van der Waals surface area contributed by atoms with Gasteiger partial charge in [0.05, 0.1) is 5.03 Å². The Labute approximate surface area is 176 Å². The molecule has 3 aromatic rings. The lowest BCUT2D eigenvalue weighted by Crippen LogP contribution is -2.22. The first kappa shape index (κ1) is 20.7. The summed E-state index contributed by atoms with van der Waals surface area (Å²) in [4.78, 5) is 12.2. The average Bonchev–Trinajstić information content (AvgIpc) is 3.23. The van der Waals surface area contributed by atoms with Crippen molar-refractivity contribution in [2.75, 3.05) is 6.61 Å². The fraction of sp³-hybridized carbons (Fsp3) is 0.0952. The predicted molar refractivity (Wildman–Crippen MR) is 113 cm³/mol. The van der Waals surface area contributed by atoms with Crippen molar-refractivity contribution in [3.63, 3.8) is 0 Å². The summed E-state index contributed by atoms with van der Waals surface area (Å²) >= 11 is 7.42. The van der Waals surface area contributed by atoms with Crippen molar-refractivity contribution >= 4 is 40.0 Å². The van der Waals surface area contributed by atoms with Gasteiger partial charge >= 0.3 is 0 Å². The lowest BCUT2D eigenvalue weighted by atomic mass is 10.2. The van der Waals surface area contributed by atoms with Crippen molar-refractivity contribution in [3.05, 3.63) is 88.1 Å². The maximum Gasteiger partial charge on any atom is 0.282 e. The summed E-state index contributed by atoms with van der Waals surface area (Å²) < 4.78 is 18.4. The molecule has 0 fully saturated rings. The van der Waals surface area contributed by atoms with Crippen LogP contribution in [0, 0.1) is 5.82 Å². The third kappa shape index (κ3) is 5.97. The molecular weight excluding hydrogens is 413 g/mol. The summed E-state index contributed by atoms with van der Waals surface area (Å²) in [5.41, 5.74) is 1.64. The van der Waals surface area contributed by atoms with Gasteiger partial charge in [-0.2, -0.15) is 0 Å². The van der Waals surface area contributed by atoms with E-state index in [-0.39, 0.29) is 23.3 Å². The van der Waals surface area contributed by atoms with Gasteiger partial charge in [-0.15, -0.1) is 10.2 Å². The quantitative estimate of drug-likeness (QED) is 0.517. The highest BCUT2D eigenvalue weighted by atomic mass is 35.5. The van der Waals surface area contributed by atoms with Crippen LogP contribution in [0.2, 0.25) is 0 Å². The fourth-order valence-electron chi connectivity index (χ4n) is 2.30. The summed E-state index contributed by atoms with van der Waals surface area (Å²) in [7, 11) is 0. The summed E-state index contributed by atoms with van der Waals surface area (Å²) in [6.07, 6.45) is 3.41. The van der Waals surface area contributed by atoms with Crippen molar-refractivity contribution < 1.29 is 13.9 Å². The highest BCUT2D eigenvalue weighted by Gasteiger charge is 2.14. The van der Waals surface area contributed by atoms with Gasteiger partial charge in [0.15, 0.2) is 5.01 Å². The smallest absolute Gasteiger partial charge is 0.282 e. The maximum atomic E-state index is 12.9. The van der Waals surface area contributed by atoms with Gasteiger partial charge in [0, 0.05) is 6.54 Å². The number of nitrogens with zero attached hydrogens (tertiary/aromatic N) is 2. The van der Waals surface area contributed by atoms with Crippen molar-refractivity contribution in [1.29, 1.82) is 0 Å². The molecule has 1 heterocycles. The Balaban J connectivity index is 1.61. The number of ether oxygens (including phenoxy) is 1. The molecule has 148 valence electrons. The van der Waals surface area contributed by atoms with Gasteiger partial charge in [0.25, 0.3) is 5.91 Å². The molecule has 0 saturated heterocycles. The standard InChI is InChI=1S/C21H17ClFN3O2S/c1-2-11-28-17-9-5-14(6-10-17)12-18(22)20-25-26-21(29-20)19(27)24-13-15-3-7-16(23)8-4-15/h2-10,12H,1,11,13H2,(H,24,27). The minimum absolute atomic E-state index is 0.196. The number of carbonyl (C=O) groups excluding carboxylic acids is 1. The van der Waals surface area contributed by atoms with E-state index < -0.39 is 0 Å². The Kier molecular flexibility index (Phi) is 7.10. The molecular formula is C21H17ClFN3O2S. The first-order valence-electron chi connectivity index (χ1n) is 8.62. The lowest BCUT2D eigenvalue weighted by molar-refractivity contribution is 0.0950. The van der Waals surface area contributed by atoms with E-state index in [1.807, 2.05) is 24.3 Å². The monoisotopic (exact) mass is 429 g/mol. The number of aromatic nitrogens is 2. The van der Waals surface area contributed by atoms with E-state index in [2.05, 4.69) is 22.1 Å². The van der Waals surface area contributed by atoms with Crippen molar-refractivity contribution in [3.8, 4) is 5.75 Å². The van der Waals surface area contributed by atoms with Crippen molar-refractivity contribution in [2.24, 2.45) is 0 Å². The van der Waals surface area contributed by atoms with Crippen LogP contribution < -0.4 is 10.1 Å². The largest absolute Gasteiger partial charge is 0.490 e. The number of halogens is 2. The zero-order valence-corrected chi connectivity index (χ0v) is 16.8. The van der Waals surface area contributed by atoms with Gasteiger partial charge < -0.3 is 10.1 Å². The van der Waals surface area contributed by atoms with E-state index in [1.54, 1.807) is 24.3 Å². The highest BCUT2D eigenvalue weighted by Crippen LogP contribution is 2.26. The molecule has 0 aliphatic carbocycles. The second-order valence-electron chi connectivity index (χ2n) is 5.88. The molecule has 0 unspecified atom stereocenters. The molecule has 1 amide bonds. The third-order valence-electron chi connectivity index (χ3n) is 3.73. The molecule has 3 rings (SSSR count). The van der Waals surface area contributed by atoms with Crippen molar-refractivity contribution in [1.82, 2.24) is 15.5 Å². The second kappa shape index (κ2) is 9.95. The molecule has 29 heavy (non-hydrogen) atoms. The Morgan fingerprint density at radius 1 is 1.14 bits per heavy atom. The summed E-state index contributed by atoms with van der Waals surface area (Å²) in [6.45, 7) is 4.30. The molecule has 0 saturated carbocycles. The Bertz CT molecular complexity index is 1020. The molecule has 8 heteroatoms. The summed E-state index contributed by atoms with van der Waals surface area (Å²) in [5.74, 6) is 0.0367. The number of hydrogen-bond acceptors (Lipinski definition) is 5. The number of carbonyl (C=O) groups is 1. The summed E-state index contributed by atoms with van der Waals surface area (Å²) in [5, 5.41) is 11.6. The van der Waals surface area contributed by atoms with E-state index in [0.29, 0.717) is 16.6 Å². The van der Waals surface area contributed by atoms with Crippen LogP contribution in [-0.4, -0.2) is 22.7 Å². The molecule has 0 spiro atoms. The van der Waals surface area contributed by atoms with Gasteiger partial charge in [-0.25, -0.2) is 4.39 Å². The number of benzene rings is 2. The maximum absolute atomic E-state index is 12.9. The van der Waals surface area contributed by atoms with Gasteiger partial charge in [0.2, 0.25) is 5.01 Å². The van der Waals surface area contributed by atoms with Crippen LogP contribution in [0.3, 0.4) is 0 Å². The minimum Gasteiger partial charge on any atom is -0.490 e. The normalized spacial score (nSPS) is 11.2. The Morgan fingerprint density at radius 2 is 1.83 bits per heavy atom. The molecule has 1 aromatic heterocycles. The van der Waals surface area contributed by atoms with Crippen LogP contribution in [0.1, 0.15) is 25.9 Å². The fourth-order valence-corrected chi connectivity index (χ4v) is 3.24. The van der Waals surface area contributed by atoms with Gasteiger partial charge in [0.1, 0.15) is 18.2 Å². The topological polar surface area (TPSA) is 64.1 Å². The SMILES string of the molecule is C=CCOc1ccc(C=C(Cl)c2nnc(C(=O)NCc3ccc(F)cc3)s2)cc1. The number of hydrogen-bond donors (Lipinski definition) is 1. The van der Waals surface area contributed by atoms with E-state index in [0.717, 1.165) is 28.2 Å². The van der Waals surface area contributed by atoms with Crippen LogP contribution >= 0.6 is 22.9 Å². The van der Waals surface area contributed by atoms with Crippen molar-refractivity contribution in [2.45, 2.75) is 6.54 Å². The van der Waals surface area contributed by atoms with Crippen LogP contribution in [0.15, 0.2) is 61.2 Å². The van der Waals surface area contributed by atoms with Crippen LogP contribution in [0.5, 0.6) is 5.75 Å². The second-order valence-corrected chi connectivity index (χ2v) is 7.27. The zero-order chi connectivity index (χ0) is 20.6. The summed E-state index contributed by atoms with van der Waals surface area (Å²) in [6, 6.07) is 13.3. The van der Waals surface area contributed by atoms with Gasteiger partial charge in [-0.1, -0.05) is 59.9 Å². The highest BCUT2D eigenvalue weighted by molar-refractivity contribution is 7.15. The van der Waals surface area contributed by atoms with E-state index in [9.17, 15) is 9.18 Å². The molecule has 0 radical (unpaired) electrons. The van der Waals surface area contributed by atoms with Gasteiger partial charge in [-0.3, -0.25) is 4.79 Å². The van der Waals surface area contributed by atoms with E-state index in [1.165, 1.54) is 12.1 Å². The molecule has 0 aliphatic rings. The first-order chi connectivity index (χ1) is 14.0.